The molecule has 0 aromatic heterocycles. The van der Waals surface area contributed by atoms with Crippen LogP contribution in [0.2, 0.25) is 0 Å². The van der Waals surface area contributed by atoms with Crippen LogP contribution < -0.4 is 0 Å². The topological polar surface area (TPSA) is 20.2 Å². The van der Waals surface area contributed by atoms with Gasteiger partial charge in [0.05, 0.1) is 0 Å². The van der Waals surface area contributed by atoms with E-state index in [2.05, 4.69) is 34.6 Å². The van der Waals surface area contributed by atoms with Crippen LogP contribution in [0.1, 0.15) is 47.0 Å². The minimum absolute atomic E-state index is 0. The zero-order valence-electron chi connectivity index (χ0n) is 9.71. The molecule has 0 rings (SSSR count). The van der Waals surface area contributed by atoms with Crippen LogP contribution in [0.15, 0.2) is 0 Å². The first-order valence-electron chi connectivity index (χ1n) is 4.98. The standard InChI is InChI=1S/C6H13.C5H12O.Y/c1-4-6(3)5-2;1-5(2)3-4-6;/h6H,1,4-5H2,2-3H3;5-6H,3-4H2,1-2H3;/q-1;;. The van der Waals surface area contributed by atoms with E-state index in [1.165, 1.54) is 6.42 Å². The Morgan fingerprint density at radius 3 is 1.69 bits per heavy atom. The quantitative estimate of drug-likeness (QED) is 0.771. The number of rotatable bonds is 4. The van der Waals surface area contributed by atoms with Gasteiger partial charge in [-0.3, -0.25) is 0 Å². The molecule has 0 aliphatic carbocycles. The van der Waals surface area contributed by atoms with Gasteiger partial charge in [0.25, 0.3) is 0 Å². The fraction of sp³-hybridized carbons (Fsp3) is 0.909. The van der Waals surface area contributed by atoms with E-state index in [4.69, 9.17) is 5.11 Å². The van der Waals surface area contributed by atoms with E-state index in [9.17, 15) is 0 Å². The van der Waals surface area contributed by atoms with Gasteiger partial charge >= 0.3 is 0 Å². The molecule has 0 heterocycles. The summed E-state index contributed by atoms with van der Waals surface area (Å²) in [7, 11) is 0. The summed E-state index contributed by atoms with van der Waals surface area (Å²) < 4.78 is 0. The van der Waals surface area contributed by atoms with Gasteiger partial charge in [-0.1, -0.05) is 40.0 Å². The summed E-state index contributed by atoms with van der Waals surface area (Å²) >= 11 is 0. The average Bonchev–Trinajstić information content (AvgIpc) is 2.04. The van der Waals surface area contributed by atoms with Crippen molar-refractivity contribution < 1.29 is 37.8 Å². The molecule has 0 aliphatic rings. The molecule has 1 N–H and O–H groups in total. The minimum atomic E-state index is 0. The Labute approximate surface area is 110 Å². The molecule has 0 aromatic carbocycles. The molecule has 0 spiro atoms. The Bertz CT molecular complexity index is 70.5. The number of hydrogen-bond acceptors (Lipinski definition) is 1. The second-order valence-electron chi connectivity index (χ2n) is 3.71. The van der Waals surface area contributed by atoms with Crippen LogP contribution in [0.5, 0.6) is 0 Å². The molecule has 0 aromatic rings. The number of aliphatic hydroxyl groups excluding tert-OH is 1. The van der Waals surface area contributed by atoms with Crippen LogP contribution in [-0.4, -0.2) is 11.7 Å². The van der Waals surface area contributed by atoms with Gasteiger partial charge in [0, 0.05) is 39.3 Å². The summed E-state index contributed by atoms with van der Waals surface area (Å²) in [6.45, 7) is 12.7. The van der Waals surface area contributed by atoms with Gasteiger partial charge in [-0.25, -0.2) is 0 Å². The second kappa shape index (κ2) is 15.5. The van der Waals surface area contributed by atoms with Crippen molar-refractivity contribution in [3.8, 4) is 0 Å². The van der Waals surface area contributed by atoms with Crippen molar-refractivity contribution in [2.75, 3.05) is 6.61 Å². The third-order valence-electron chi connectivity index (χ3n) is 1.90. The largest absolute Gasteiger partial charge is 0.396 e. The molecule has 2 heteroatoms. The molecular formula is C11H25OY-. The van der Waals surface area contributed by atoms with Gasteiger partial charge in [0.1, 0.15) is 0 Å². The van der Waals surface area contributed by atoms with E-state index in [0.29, 0.717) is 12.5 Å². The predicted molar refractivity (Wildman–Crippen MR) is 56.0 cm³/mol. The molecule has 0 bridgehead atoms. The van der Waals surface area contributed by atoms with Crippen LogP contribution in [0.3, 0.4) is 0 Å². The Hall–Kier alpha value is 1.06. The Morgan fingerprint density at radius 2 is 1.69 bits per heavy atom. The van der Waals surface area contributed by atoms with Gasteiger partial charge in [-0.15, -0.1) is 0 Å². The van der Waals surface area contributed by atoms with E-state index < -0.39 is 0 Å². The van der Waals surface area contributed by atoms with E-state index in [-0.39, 0.29) is 32.7 Å². The molecule has 0 fully saturated rings. The smallest absolute Gasteiger partial charge is 0.0433 e. The molecule has 1 unspecified atom stereocenters. The van der Waals surface area contributed by atoms with Crippen LogP contribution in [0.4, 0.5) is 0 Å². The van der Waals surface area contributed by atoms with Crippen molar-refractivity contribution in [2.45, 2.75) is 47.0 Å². The molecule has 79 valence electrons. The van der Waals surface area contributed by atoms with Crippen molar-refractivity contribution in [1.82, 2.24) is 0 Å². The number of aliphatic hydroxyl groups is 1. The SMILES string of the molecule is CC(C)CCO.[CH2-]CC(C)CC.[Y]. The molecular weight excluding hydrogens is 237 g/mol. The first-order chi connectivity index (χ1) is 5.58. The molecule has 1 nitrogen and oxygen atoms in total. The van der Waals surface area contributed by atoms with Crippen LogP contribution in [0, 0.1) is 18.8 Å². The monoisotopic (exact) mass is 262 g/mol. The molecule has 0 aliphatic heterocycles. The van der Waals surface area contributed by atoms with Gasteiger partial charge in [0.2, 0.25) is 0 Å². The first kappa shape index (κ1) is 19.6. The van der Waals surface area contributed by atoms with Crippen molar-refractivity contribution in [1.29, 1.82) is 0 Å². The predicted octanol–water partition coefficient (Wildman–Crippen LogP) is 3.28. The van der Waals surface area contributed by atoms with E-state index in [1.54, 1.807) is 0 Å². The molecule has 0 amide bonds. The van der Waals surface area contributed by atoms with Crippen molar-refractivity contribution in [2.24, 2.45) is 11.8 Å². The maximum atomic E-state index is 8.24. The van der Waals surface area contributed by atoms with Gasteiger partial charge in [-0.2, -0.15) is 6.42 Å². The van der Waals surface area contributed by atoms with Gasteiger partial charge < -0.3 is 12.0 Å². The van der Waals surface area contributed by atoms with Crippen molar-refractivity contribution in [3.63, 3.8) is 0 Å². The molecule has 13 heavy (non-hydrogen) atoms. The number of hydrogen-bond donors (Lipinski definition) is 1. The zero-order chi connectivity index (χ0) is 9.98. The summed E-state index contributed by atoms with van der Waals surface area (Å²) in [5.74, 6) is 1.47. The van der Waals surface area contributed by atoms with E-state index >= 15 is 0 Å². The van der Waals surface area contributed by atoms with Gasteiger partial charge in [-0.05, 0) is 12.3 Å². The first-order valence-corrected chi connectivity index (χ1v) is 4.98. The average molecular weight is 262 g/mol. The summed E-state index contributed by atoms with van der Waals surface area (Å²) in [6, 6.07) is 0. The van der Waals surface area contributed by atoms with Crippen LogP contribution in [0.25, 0.3) is 0 Å². The Kier molecular flexibility index (Phi) is 23.4. The summed E-state index contributed by atoms with van der Waals surface area (Å²) in [6.07, 6.45) is 3.28. The molecule has 1 radical (unpaired) electrons. The third-order valence-corrected chi connectivity index (χ3v) is 1.90. The van der Waals surface area contributed by atoms with E-state index in [0.717, 1.165) is 18.8 Å². The fourth-order valence-corrected chi connectivity index (χ4v) is 0.462. The molecule has 0 saturated carbocycles. The van der Waals surface area contributed by atoms with Crippen molar-refractivity contribution in [3.05, 3.63) is 6.92 Å². The minimum Gasteiger partial charge on any atom is -0.396 e. The Balaban J connectivity index is -0.000000143. The summed E-state index contributed by atoms with van der Waals surface area (Å²) in [5.41, 5.74) is 0. The zero-order valence-corrected chi connectivity index (χ0v) is 12.6. The molecule has 0 saturated heterocycles. The van der Waals surface area contributed by atoms with Crippen LogP contribution >= 0.6 is 0 Å². The van der Waals surface area contributed by atoms with Crippen LogP contribution in [-0.2, 0) is 32.7 Å². The van der Waals surface area contributed by atoms with Crippen molar-refractivity contribution >= 4 is 0 Å². The maximum Gasteiger partial charge on any atom is 0.0433 e. The normalized spacial score (nSPS) is 11.3. The molecule has 1 atom stereocenters. The summed E-state index contributed by atoms with van der Waals surface area (Å²) in [4.78, 5) is 0. The second-order valence-corrected chi connectivity index (χ2v) is 3.71. The van der Waals surface area contributed by atoms with Gasteiger partial charge in [0.15, 0.2) is 0 Å². The fourth-order valence-electron chi connectivity index (χ4n) is 0.462. The maximum absolute atomic E-state index is 8.24. The Morgan fingerprint density at radius 1 is 1.23 bits per heavy atom. The van der Waals surface area contributed by atoms with E-state index in [1.807, 2.05) is 0 Å². The summed E-state index contributed by atoms with van der Waals surface area (Å²) in [5, 5.41) is 8.24. The third kappa shape index (κ3) is 24.6.